The summed E-state index contributed by atoms with van der Waals surface area (Å²) in [4.78, 5) is 12.7. The summed E-state index contributed by atoms with van der Waals surface area (Å²) in [5.41, 5.74) is 6.38. The van der Waals surface area contributed by atoms with E-state index in [4.69, 9.17) is 9.47 Å². The number of hydrogen-bond donors (Lipinski definition) is 3. The van der Waals surface area contributed by atoms with Crippen LogP contribution in [0.2, 0.25) is 0 Å². The van der Waals surface area contributed by atoms with Crippen molar-refractivity contribution in [2.45, 2.75) is 55.6 Å². The van der Waals surface area contributed by atoms with Gasteiger partial charge in [-0.15, -0.1) is 0 Å². The number of carbonyl (C=O) groups is 1. The third kappa shape index (κ3) is 5.48. The molecule has 2 fully saturated rings. The lowest BCUT2D eigenvalue weighted by molar-refractivity contribution is 0.0962. The molecule has 3 N–H and O–H groups in total. The maximum Gasteiger partial charge on any atom is 0.269 e. The van der Waals surface area contributed by atoms with Crippen molar-refractivity contribution in [1.82, 2.24) is 10.1 Å². The number of hydrazine groups is 1. The third-order valence-corrected chi connectivity index (χ3v) is 6.94. The Balaban J connectivity index is 1.35. The van der Waals surface area contributed by atoms with E-state index in [1.807, 2.05) is 0 Å². The molecule has 2 aromatic rings. The van der Waals surface area contributed by atoms with Crippen LogP contribution < -0.4 is 25.0 Å². The number of methoxy groups -OCH3 is 1. The van der Waals surface area contributed by atoms with Gasteiger partial charge in [-0.2, -0.15) is 0 Å². The van der Waals surface area contributed by atoms with Gasteiger partial charge >= 0.3 is 0 Å². The van der Waals surface area contributed by atoms with Gasteiger partial charge in [-0.1, -0.05) is 0 Å². The van der Waals surface area contributed by atoms with Crippen molar-refractivity contribution in [2.24, 2.45) is 0 Å². The van der Waals surface area contributed by atoms with Crippen LogP contribution in [0.5, 0.6) is 11.5 Å². The van der Waals surface area contributed by atoms with Gasteiger partial charge in [-0.05, 0) is 81.0 Å². The average Bonchev–Trinajstić information content (AvgIpc) is 3.42. The smallest absolute Gasteiger partial charge is 0.269 e. The zero-order valence-electron chi connectivity index (χ0n) is 17.4. The Morgan fingerprint density at radius 1 is 0.968 bits per heavy atom. The Bertz CT molecular complexity index is 1030. The Morgan fingerprint density at radius 3 is 2.32 bits per heavy atom. The van der Waals surface area contributed by atoms with Crippen LogP contribution in [0.25, 0.3) is 0 Å². The highest BCUT2D eigenvalue weighted by molar-refractivity contribution is 7.89. The molecule has 2 saturated carbocycles. The minimum absolute atomic E-state index is 0.0500. The quantitative estimate of drug-likeness (QED) is 0.512. The monoisotopic (exact) mass is 445 g/mol. The van der Waals surface area contributed by atoms with E-state index in [0.29, 0.717) is 22.7 Å². The number of sulfonamides is 1. The summed E-state index contributed by atoms with van der Waals surface area (Å²) < 4.78 is 38.5. The molecule has 0 heterocycles. The average molecular weight is 446 g/mol. The molecular formula is C22H27N3O5S. The molecule has 0 unspecified atom stereocenters. The van der Waals surface area contributed by atoms with Crippen LogP contribution in [0.15, 0.2) is 47.4 Å². The highest BCUT2D eigenvalue weighted by Gasteiger charge is 2.27. The van der Waals surface area contributed by atoms with Crippen LogP contribution in [0.1, 0.15) is 48.9 Å². The lowest BCUT2D eigenvalue weighted by atomic mass is 10.2. The van der Waals surface area contributed by atoms with Gasteiger partial charge in [0.15, 0.2) is 11.5 Å². The molecule has 2 aliphatic carbocycles. The van der Waals surface area contributed by atoms with E-state index in [9.17, 15) is 13.2 Å². The molecular weight excluding hydrogens is 418 g/mol. The molecule has 4 rings (SSSR count). The van der Waals surface area contributed by atoms with Crippen LogP contribution in [0, 0.1) is 0 Å². The fourth-order valence-corrected chi connectivity index (χ4v) is 4.80. The van der Waals surface area contributed by atoms with Crippen LogP contribution in [-0.4, -0.2) is 33.6 Å². The number of rotatable bonds is 9. The number of anilines is 1. The number of ether oxygens (including phenoxy) is 2. The first kappa shape index (κ1) is 21.5. The van der Waals surface area contributed by atoms with Crippen molar-refractivity contribution >= 4 is 21.6 Å². The summed E-state index contributed by atoms with van der Waals surface area (Å²) in [5.74, 6) is 0.797. The van der Waals surface area contributed by atoms with Crippen LogP contribution >= 0.6 is 0 Å². The van der Waals surface area contributed by atoms with E-state index in [-0.39, 0.29) is 22.9 Å². The van der Waals surface area contributed by atoms with Gasteiger partial charge in [0, 0.05) is 11.6 Å². The second kappa shape index (κ2) is 9.15. The van der Waals surface area contributed by atoms with E-state index in [1.165, 1.54) is 25.0 Å². The second-order valence-corrected chi connectivity index (χ2v) is 9.60. The van der Waals surface area contributed by atoms with E-state index in [2.05, 4.69) is 15.6 Å². The summed E-state index contributed by atoms with van der Waals surface area (Å²) in [7, 11) is -1.95. The first-order valence-electron chi connectivity index (χ1n) is 10.5. The van der Waals surface area contributed by atoms with Crippen molar-refractivity contribution in [1.29, 1.82) is 0 Å². The zero-order valence-corrected chi connectivity index (χ0v) is 18.2. The van der Waals surface area contributed by atoms with Crippen molar-refractivity contribution in [3.05, 3.63) is 48.0 Å². The summed E-state index contributed by atoms with van der Waals surface area (Å²) in [6.07, 6.45) is 6.36. The van der Waals surface area contributed by atoms with Crippen LogP contribution in [0.3, 0.4) is 0 Å². The summed E-state index contributed by atoms with van der Waals surface area (Å²) in [5, 5.41) is 0. The van der Waals surface area contributed by atoms with Gasteiger partial charge in [0.2, 0.25) is 10.0 Å². The van der Waals surface area contributed by atoms with Crippen molar-refractivity contribution in [3.8, 4) is 11.5 Å². The van der Waals surface area contributed by atoms with Crippen LogP contribution in [-0.2, 0) is 10.0 Å². The molecule has 0 aliphatic heterocycles. The summed E-state index contributed by atoms with van der Waals surface area (Å²) >= 11 is 0. The molecule has 31 heavy (non-hydrogen) atoms. The topological polar surface area (TPSA) is 106 Å². The lowest BCUT2D eigenvalue weighted by Crippen LogP contribution is -2.29. The Morgan fingerprint density at radius 2 is 1.68 bits per heavy atom. The van der Waals surface area contributed by atoms with Crippen molar-refractivity contribution in [3.63, 3.8) is 0 Å². The molecule has 0 aromatic heterocycles. The van der Waals surface area contributed by atoms with E-state index >= 15 is 0 Å². The molecule has 166 valence electrons. The number of nitrogens with one attached hydrogen (secondary N) is 3. The maximum atomic E-state index is 12.5. The normalized spacial score (nSPS) is 16.7. The largest absolute Gasteiger partial charge is 0.493 e. The molecule has 8 nitrogen and oxygen atoms in total. The van der Waals surface area contributed by atoms with Gasteiger partial charge in [0.1, 0.15) is 0 Å². The molecule has 9 heteroatoms. The van der Waals surface area contributed by atoms with Crippen molar-refractivity contribution < 1.29 is 22.7 Å². The molecule has 0 atom stereocenters. The SMILES string of the molecule is COc1cc(C(=O)NNc2ccc(S(=O)(=O)NC3CC3)cc2)ccc1OC1CCCC1. The predicted molar refractivity (Wildman–Crippen MR) is 117 cm³/mol. The van der Waals surface area contributed by atoms with Crippen LogP contribution in [0.4, 0.5) is 5.69 Å². The molecule has 2 aromatic carbocycles. The van der Waals surface area contributed by atoms with E-state index in [1.54, 1.807) is 37.4 Å². The first-order chi connectivity index (χ1) is 14.9. The Hall–Kier alpha value is -2.78. The Labute approximate surface area is 182 Å². The van der Waals surface area contributed by atoms with Gasteiger partial charge in [-0.3, -0.25) is 15.6 Å². The van der Waals surface area contributed by atoms with Gasteiger partial charge in [0.05, 0.1) is 23.8 Å². The molecule has 0 saturated heterocycles. The fraction of sp³-hybridized carbons (Fsp3) is 0.409. The number of benzene rings is 2. The fourth-order valence-electron chi connectivity index (χ4n) is 3.50. The third-order valence-electron chi connectivity index (χ3n) is 5.41. The van der Waals surface area contributed by atoms with E-state index < -0.39 is 10.0 Å². The number of amides is 1. The lowest BCUT2D eigenvalue weighted by Gasteiger charge is -2.16. The predicted octanol–water partition coefficient (Wildman–Crippen LogP) is 3.21. The summed E-state index contributed by atoms with van der Waals surface area (Å²) in [6, 6.07) is 11.3. The molecule has 0 radical (unpaired) electrons. The minimum Gasteiger partial charge on any atom is -0.493 e. The maximum absolute atomic E-state index is 12.5. The standard InChI is InChI=1S/C22H27N3O5S/c1-29-21-14-15(6-13-20(21)30-18-4-2-3-5-18)22(26)24-23-16-9-11-19(12-10-16)31(27,28)25-17-7-8-17/h6,9-14,17-18,23,25H,2-5,7-8H2,1H3,(H,24,26). The Kier molecular flexibility index (Phi) is 6.33. The van der Waals surface area contributed by atoms with Gasteiger partial charge < -0.3 is 9.47 Å². The first-order valence-corrected chi connectivity index (χ1v) is 12.0. The minimum atomic E-state index is -3.50. The highest BCUT2D eigenvalue weighted by Crippen LogP contribution is 2.32. The molecule has 1 amide bonds. The second-order valence-electron chi connectivity index (χ2n) is 7.89. The van der Waals surface area contributed by atoms with Crippen molar-refractivity contribution in [2.75, 3.05) is 12.5 Å². The summed E-state index contributed by atoms with van der Waals surface area (Å²) in [6.45, 7) is 0. The molecule has 2 aliphatic rings. The van der Waals surface area contributed by atoms with E-state index in [0.717, 1.165) is 25.7 Å². The number of carbonyl (C=O) groups excluding carboxylic acids is 1. The zero-order chi connectivity index (χ0) is 21.8. The molecule has 0 spiro atoms. The highest BCUT2D eigenvalue weighted by atomic mass is 32.2. The number of hydrogen-bond acceptors (Lipinski definition) is 6. The molecule has 0 bridgehead atoms. The van der Waals surface area contributed by atoms with Gasteiger partial charge in [-0.25, -0.2) is 13.1 Å². The van der Waals surface area contributed by atoms with Gasteiger partial charge in [0.25, 0.3) is 5.91 Å².